The van der Waals surface area contributed by atoms with Gasteiger partial charge in [0.15, 0.2) is 0 Å². The van der Waals surface area contributed by atoms with Gasteiger partial charge in [-0.05, 0) is 11.1 Å². The minimum absolute atomic E-state index is 0.220. The minimum atomic E-state index is -1.13. The Balaban J connectivity index is 0.000000350. The summed E-state index contributed by atoms with van der Waals surface area (Å²) in [5, 5.41) is 20.2. The molecule has 0 aliphatic carbocycles. The molecule has 5 nitrogen and oxygen atoms in total. The van der Waals surface area contributed by atoms with Gasteiger partial charge in [-0.15, -0.1) is 0 Å². The van der Waals surface area contributed by atoms with E-state index in [0.29, 0.717) is 0 Å². The molecule has 0 atom stereocenters. The van der Waals surface area contributed by atoms with Gasteiger partial charge in [0.1, 0.15) is 0 Å². The fourth-order valence-electron chi connectivity index (χ4n) is 1.46. The molecule has 0 bridgehead atoms. The maximum atomic E-state index is 10.1. The summed E-state index contributed by atoms with van der Waals surface area (Å²) in [6.45, 7) is 2.23. The molecule has 0 saturated carbocycles. The number of benzene rings is 2. The molecule has 0 N–H and O–H groups in total. The molecule has 25 heavy (non-hydrogen) atoms. The number of rotatable bonds is 6. The molecule has 2 rings (SSSR count). The normalized spacial score (nSPS) is 8.72. The van der Waals surface area contributed by atoms with Crippen LogP contribution in [0.15, 0.2) is 60.7 Å². The molecule has 0 spiro atoms. The Morgan fingerprint density at radius 1 is 0.920 bits per heavy atom. The van der Waals surface area contributed by atoms with Gasteiger partial charge in [0.05, 0.1) is 11.9 Å². The van der Waals surface area contributed by atoms with Gasteiger partial charge in [0, 0.05) is 0 Å². The average Bonchev–Trinajstić information content (AvgIpc) is 2.65. The Bertz CT molecular complexity index is 537. The molecular formula is C18H20O5Sn2. The van der Waals surface area contributed by atoms with Gasteiger partial charge in [-0.1, -0.05) is 60.7 Å². The zero-order chi connectivity index (χ0) is 18.9. The fourth-order valence-corrected chi connectivity index (χ4v) is 5.47. The van der Waals surface area contributed by atoms with Gasteiger partial charge < -0.3 is 19.8 Å². The molecule has 2 radical (unpaired) electrons. The van der Waals surface area contributed by atoms with Crippen molar-refractivity contribution in [2.75, 3.05) is 0 Å². The summed E-state index contributed by atoms with van der Waals surface area (Å²) in [6.07, 6.45) is 2.73. The van der Waals surface area contributed by atoms with E-state index in [1.807, 2.05) is 0 Å². The van der Waals surface area contributed by atoms with Crippen LogP contribution in [-0.2, 0) is 1.41 Å². The Hall–Kier alpha value is -1.06. The van der Waals surface area contributed by atoms with Crippen LogP contribution in [0.5, 0.6) is 0 Å². The van der Waals surface area contributed by atoms with Crippen LogP contribution in [0.2, 0.25) is 4.44 Å². The number of carbonyl (C=O) groups is 2. The first kappa shape index (κ1) is 23.9. The average molecular weight is 554 g/mol. The van der Waals surface area contributed by atoms with Crippen molar-refractivity contribution in [3.63, 3.8) is 0 Å². The standard InChI is InChI=1S/2C7H6O2.C4H9.O.2Sn.H/c2*8-7(9)6-4-2-1-3-5-6;1-3-4-2;;;;/h2*1-5H,(H,8,9);1,3-4H2,2H3;;;;/q;;;;;+2;/p-2. The SMILES string of the molecule is CCC[CH2][Sn+2][O][SnH].O=C([O-])c1ccccc1.O=C([O-])c1ccccc1. The van der Waals surface area contributed by atoms with Crippen molar-refractivity contribution in [3.8, 4) is 0 Å². The van der Waals surface area contributed by atoms with E-state index < -0.39 is 11.9 Å². The summed E-state index contributed by atoms with van der Waals surface area (Å²) in [4.78, 5) is 20.2. The molecule has 0 amide bonds. The van der Waals surface area contributed by atoms with Gasteiger partial charge in [-0.2, -0.15) is 0 Å². The van der Waals surface area contributed by atoms with Crippen LogP contribution in [0, 0.1) is 0 Å². The molecular weight excluding hydrogens is 534 g/mol. The largest absolute Gasteiger partial charge is 0.545 e. The fraction of sp³-hybridized carbons (Fsp3) is 0.222. The first-order chi connectivity index (χ1) is 12.0. The molecule has 0 unspecified atom stereocenters. The van der Waals surface area contributed by atoms with Gasteiger partial charge in [-0.25, -0.2) is 0 Å². The molecule has 2 aromatic carbocycles. The number of carbonyl (C=O) groups excluding carboxylic acids is 2. The third kappa shape index (κ3) is 13.9. The summed E-state index contributed by atoms with van der Waals surface area (Å²) in [6, 6.07) is 16.1. The molecule has 0 fully saturated rings. The third-order valence-electron chi connectivity index (χ3n) is 2.73. The van der Waals surface area contributed by atoms with Crippen molar-refractivity contribution in [2.45, 2.75) is 24.2 Å². The maximum Gasteiger partial charge on any atom is 0.0715 e. The maximum absolute atomic E-state index is 10.1. The van der Waals surface area contributed by atoms with Crippen LogP contribution < -0.4 is 10.2 Å². The second-order valence-electron chi connectivity index (χ2n) is 4.67. The molecule has 7 heteroatoms. The molecule has 0 saturated heterocycles. The summed E-state index contributed by atoms with van der Waals surface area (Å²) in [7, 11) is 0. The van der Waals surface area contributed by atoms with Crippen LogP contribution in [-0.4, -0.2) is 56.4 Å². The van der Waals surface area contributed by atoms with Crippen molar-refractivity contribution in [3.05, 3.63) is 71.8 Å². The van der Waals surface area contributed by atoms with E-state index in [0.717, 1.165) is 22.9 Å². The van der Waals surface area contributed by atoms with Crippen molar-refractivity contribution < 1.29 is 21.2 Å². The number of carboxylic acids is 2. The first-order valence-electron chi connectivity index (χ1n) is 7.64. The van der Waals surface area contributed by atoms with Crippen molar-refractivity contribution >= 4 is 56.4 Å². The predicted octanol–water partition coefficient (Wildman–Crippen LogP) is 0.757. The monoisotopic (exact) mass is 556 g/mol. The van der Waals surface area contributed by atoms with E-state index in [-0.39, 0.29) is 32.7 Å². The summed E-state index contributed by atoms with van der Waals surface area (Å²) < 4.78 is 6.56. The molecule has 0 aliphatic rings. The van der Waals surface area contributed by atoms with Crippen LogP contribution in [0.25, 0.3) is 0 Å². The van der Waals surface area contributed by atoms with Crippen LogP contribution >= 0.6 is 0 Å². The smallest absolute Gasteiger partial charge is 0.0715 e. The molecule has 0 aromatic heterocycles. The van der Waals surface area contributed by atoms with E-state index in [2.05, 4.69) is 6.92 Å². The van der Waals surface area contributed by atoms with Crippen molar-refractivity contribution in [1.29, 1.82) is 0 Å². The zero-order valence-electron chi connectivity index (χ0n) is 14.0. The van der Waals surface area contributed by atoms with E-state index in [4.69, 9.17) is 1.41 Å². The Labute approximate surface area is 172 Å². The molecule has 0 aliphatic heterocycles. The predicted molar refractivity (Wildman–Crippen MR) is 95.2 cm³/mol. The number of unbranched alkanes of at least 4 members (excludes halogenated alkanes) is 1. The summed E-state index contributed by atoms with van der Waals surface area (Å²) in [5.41, 5.74) is 0.440. The minimum Gasteiger partial charge on any atom is -0.545 e. The Morgan fingerprint density at radius 3 is 1.56 bits per heavy atom. The van der Waals surface area contributed by atoms with Crippen molar-refractivity contribution in [2.24, 2.45) is 0 Å². The van der Waals surface area contributed by atoms with Gasteiger partial charge in [-0.3, -0.25) is 0 Å². The number of hydrogen-bond donors (Lipinski definition) is 0. The quantitative estimate of drug-likeness (QED) is 0.389. The molecule has 2 aromatic rings. The summed E-state index contributed by atoms with van der Waals surface area (Å²) in [5.74, 6) is -2.26. The van der Waals surface area contributed by atoms with Crippen LogP contribution in [0.4, 0.5) is 0 Å². The van der Waals surface area contributed by atoms with E-state index in [1.165, 1.54) is 41.5 Å². The Morgan fingerprint density at radius 2 is 1.32 bits per heavy atom. The van der Waals surface area contributed by atoms with E-state index >= 15 is 0 Å². The van der Waals surface area contributed by atoms with Crippen LogP contribution in [0.3, 0.4) is 0 Å². The van der Waals surface area contributed by atoms with Gasteiger partial charge in [0.25, 0.3) is 0 Å². The second kappa shape index (κ2) is 16.4. The number of carboxylic acid groups (broad SMARTS) is 2. The summed E-state index contributed by atoms with van der Waals surface area (Å²) >= 11 is 0.777. The second-order valence-corrected chi connectivity index (χ2v) is 12.1. The topological polar surface area (TPSA) is 89.5 Å². The molecule has 0 heterocycles. The van der Waals surface area contributed by atoms with Gasteiger partial charge in [0.2, 0.25) is 0 Å². The van der Waals surface area contributed by atoms with E-state index in [1.54, 1.807) is 36.4 Å². The number of hydrogen-bond acceptors (Lipinski definition) is 5. The van der Waals surface area contributed by atoms with E-state index in [9.17, 15) is 19.8 Å². The Kier molecular flexibility index (Phi) is 15.7. The van der Waals surface area contributed by atoms with Crippen LogP contribution in [0.1, 0.15) is 40.5 Å². The molecule has 130 valence electrons. The zero-order valence-corrected chi connectivity index (χ0v) is 20.2. The number of aromatic carboxylic acids is 2. The van der Waals surface area contributed by atoms with Crippen molar-refractivity contribution in [1.82, 2.24) is 0 Å². The third-order valence-corrected chi connectivity index (χ3v) is 7.99. The van der Waals surface area contributed by atoms with Gasteiger partial charge >= 0.3 is 70.1 Å². The first-order valence-corrected chi connectivity index (χ1v) is 12.2.